The molecule has 1 N–H and O–H groups in total. The molecule has 0 aliphatic heterocycles. The lowest BCUT2D eigenvalue weighted by Gasteiger charge is -2.12. The maximum absolute atomic E-state index is 5.87. The van der Waals surface area contributed by atoms with E-state index in [1.165, 1.54) is 4.80 Å². The van der Waals surface area contributed by atoms with Gasteiger partial charge in [0.05, 0.1) is 13.7 Å². The van der Waals surface area contributed by atoms with Crippen molar-refractivity contribution in [3.63, 3.8) is 0 Å². The summed E-state index contributed by atoms with van der Waals surface area (Å²) in [6, 6.07) is 15.9. The zero-order valence-corrected chi connectivity index (χ0v) is 14.3. The Balaban J connectivity index is 1.62. The molecule has 130 valence electrons. The average molecular weight is 339 g/mol. The summed E-state index contributed by atoms with van der Waals surface area (Å²) < 4.78 is 11.3. The van der Waals surface area contributed by atoms with Crippen molar-refractivity contribution in [3.05, 3.63) is 59.7 Å². The SMILES string of the molecule is CCn1nnc(NCc2ccc(OCc3ccccc3)c(OC)c2)n1. The number of hydrogen-bond donors (Lipinski definition) is 1. The molecule has 7 heteroatoms. The van der Waals surface area contributed by atoms with E-state index in [-0.39, 0.29) is 0 Å². The molecule has 3 aromatic rings. The number of aromatic nitrogens is 4. The smallest absolute Gasteiger partial charge is 0.263 e. The predicted molar refractivity (Wildman–Crippen MR) is 94.6 cm³/mol. The third-order valence-corrected chi connectivity index (χ3v) is 3.65. The Morgan fingerprint density at radius 2 is 1.88 bits per heavy atom. The molecule has 0 unspecified atom stereocenters. The molecule has 0 fully saturated rings. The number of methoxy groups -OCH3 is 1. The predicted octanol–water partition coefficient (Wildman–Crippen LogP) is 2.89. The number of tetrazole rings is 1. The number of rotatable bonds is 8. The first-order valence-electron chi connectivity index (χ1n) is 8.14. The van der Waals surface area contributed by atoms with Gasteiger partial charge in [0.15, 0.2) is 11.5 Å². The molecule has 3 rings (SSSR count). The van der Waals surface area contributed by atoms with Crippen molar-refractivity contribution in [2.75, 3.05) is 12.4 Å². The van der Waals surface area contributed by atoms with Crippen LogP contribution in [0.2, 0.25) is 0 Å². The van der Waals surface area contributed by atoms with Gasteiger partial charge in [0.1, 0.15) is 6.61 Å². The minimum Gasteiger partial charge on any atom is -0.493 e. The highest BCUT2D eigenvalue weighted by molar-refractivity contribution is 5.44. The highest BCUT2D eigenvalue weighted by atomic mass is 16.5. The van der Waals surface area contributed by atoms with E-state index >= 15 is 0 Å². The standard InChI is InChI=1S/C18H21N5O2/c1-3-23-21-18(20-22-23)19-12-15-9-10-16(17(11-15)24-2)25-13-14-7-5-4-6-8-14/h4-11H,3,12-13H2,1-2H3,(H,19,21). The largest absolute Gasteiger partial charge is 0.493 e. The van der Waals surface area contributed by atoms with Crippen molar-refractivity contribution in [2.45, 2.75) is 26.6 Å². The van der Waals surface area contributed by atoms with E-state index in [1.54, 1.807) is 7.11 Å². The Kier molecular flexibility index (Phi) is 5.46. The van der Waals surface area contributed by atoms with E-state index < -0.39 is 0 Å². The number of benzene rings is 2. The highest BCUT2D eigenvalue weighted by Crippen LogP contribution is 2.29. The molecule has 0 saturated carbocycles. The van der Waals surface area contributed by atoms with E-state index in [4.69, 9.17) is 9.47 Å². The van der Waals surface area contributed by atoms with Crippen LogP contribution in [0.5, 0.6) is 11.5 Å². The second kappa shape index (κ2) is 8.14. The van der Waals surface area contributed by atoms with Gasteiger partial charge in [-0.1, -0.05) is 41.5 Å². The van der Waals surface area contributed by atoms with E-state index in [9.17, 15) is 0 Å². The number of nitrogens with zero attached hydrogens (tertiary/aromatic N) is 4. The summed E-state index contributed by atoms with van der Waals surface area (Å²) in [7, 11) is 1.64. The molecule has 0 aliphatic carbocycles. The molecule has 1 aromatic heterocycles. The Morgan fingerprint density at radius 1 is 1.04 bits per heavy atom. The van der Waals surface area contributed by atoms with Crippen molar-refractivity contribution < 1.29 is 9.47 Å². The van der Waals surface area contributed by atoms with Crippen LogP contribution in [0.25, 0.3) is 0 Å². The first kappa shape index (κ1) is 16.8. The maximum Gasteiger partial charge on any atom is 0.263 e. The molecule has 0 atom stereocenters. The minimum absolute atomic E-state index is 0.499. The summed E-state index contributed by atoms with van der Waals surface area (Å²) in [6.07, 6.45) is 0. The third kappa shape index (κ3) is 4.47. The number of aryl methyl sites for hydroxylation is 1. The molecule has 25 heavy (non-hydrogen) atoms. The second-order valence-electron chi connectivity index (χ2n) is 5.41. The van der Waals surface area contributed by atoms with Gasteiger partial charge in [0.2, 0.25) is 0 Å². The Labute approximate surface area is 146 Å². The van der Waals surface area contributed by atoms with Crippen molar-refractivity contribution >= 4 is 5.95 Å². The number of ether oxygens (including phenoxy) is 2. The zero-order valence-electron chi connectivity index (χ0n) is 14.3. The molecule has 0 bridgehead atoms. The maximum atomic E-state index is 5.87. The van der Waals surface area contributed by atoms with Crippen LogP contribution in [0.3, 0.4) is 0 Å². The lowest BCUT2D eigenvalue weighted by atomic mass is 10.2. The fraction of sp³-hybridized carbons (Fsp3) is 0.278. The number of nitrogens with one attached hydrogen (secondary N) is 1. The summed E-state index contributed by atoms with van der Waals surface area (Å²) >= 11 is 0. The second-order valence-corrected chi connectivity index (χ2v) is 5.41. The number of hydrogen-bond acceptors (Lipinski definition) is 6. The summed E-state index contributed by atoms with van der Waals surface area (Å²) in [4.78, 5) is 1.53. The van der Waals surface area contributed by atoms with E-state index in [1.807, 2.05) is 55.5 Å². The van der Waals surface area contributed by atoms with E-state index in [0.29, 0.717) is 37.1 Å². The van der Waals surface area contributed by atoms with Crippen LogP contribution in [0.15, 0.2) is 48.5 Å². The Morgan fingerprint density at radius 3 is 2.60 bits per heavy atom. The lowest BCUT2D eigenvalue weighted by molar-refractivity contribution is 0.284. The molecular formula is C18H21N5O2. The van der Waals surface area contributed by atoms with Crippen LogP contribution in [-0.4, -0.2) is 27.3 Å². The first-order valence-corrected chi connectivity index (χ1v) is 8.14. The van der Waals surface area contributed by atoms with Crippen LogP contribution in [0, 0.1) is 0 Å². The van der Waals surface area contributed by atoms with Crippen LogP contribution in [-0.2, 0) is 19.7 Å². The quantitative estimate of drug-likeness (QED) is 0.680. The summed E-state index contributed by atoms with van der Waals surface area (Å²) in [5, 5.41) is 15.2. The van der Waals surface area contributed by atoms with Gasteiger partial charge in [0.25, 0.3) is 5.95 Å². The molecule has 1 heterocycles. The van der Waals surface area contributed by atoms with Crippen LogP contribution in [0.1, 0.15) is 18.1 Å². The van der Waals surface area contributed by atoms with Crippen LogP contribution >= 0.6 is 0 Å². The summed E-state index contributed by atoms with van der Waals surface area (Å²) in [6.45, 7) is 3.73. The van der Waals surface area contributed by atoms with Gasteiger partial charge in [0, 0.05) is 6.54 Å². The number of anilines is 1. The van der Waals surface area contributed by atoms with Crippen LogP contribution in [0.4, 0.5) is 5.95 Å². The average Bonchev–Trinajstić information content (AvgIpc) is 3.14. The monoisotopic (exact) mass is 339 g/mol. The van der Waals surface area contributed by atoms with Crippen molar-refractivity contribution in [3.8, 4) is 11.5 Å². The summed E-state index contributed by atoms with van der Waals surface area (Å²) in [5.41, 5.74) is 2.15. The zero-order chi connectivity index (χ0) is 17.5. The molecule has 0 spiro atoms. The summed E-state index contributed by atoms with van der Waals surface area (Å²) in [5.74, 6) is 1.91. The van der Waals surface area contributed by atoms with Gasteiger partial charge in [-0.2, -0.15) is 4.80 Å². The fourth-order valence-electron chi connectivity index (χ4n) is 2.31. The van der Waals surface area contributed by atoms with Crippen molar-refractivity contribution in [1.29, 1.82) is 0 Å². The van der Waals surface area contributed by atoms with Gasteiger partial charge >= 0.3 is 0 Å². The normalized spacial score (nSPS) is 10.5. The molecule has 0 aliphatic rings. The van der Waals surface area contributed by atoms with Crippen LogP contribution < -0.4 is 14.8 Å². The van der Waals surface area contributed by atoms with E-state index in [0.717, 1.165) is 11.1 Å². The minimum atomic E-state index is 0.499. The Bertz CT molecular complexity index is 804. The van der Waals surface area contributed by atoms with Gasteiger partial charge in [-0.15, -0.1) is 5.10 Å². The third-order valence-electron chi connectivity index (χ3n) is 3.65. The van der Waals surface area contributed by atoms with E-state index in [2.05, 4.69) is 20.7 Å². The molecule has 7 nitrogen and oxygen atoms in total. The topological polar surface area (TPSA) is 74.1 Å². The first-order chi connectivity index (χ1) is 12.3. The fourth-order valence-corrected chi connectivity index (χ4v) is 2.31. The van der Waals surface area contributed by atoms with Crippen molar-refractivity contribution in [2.24, 2.45) is 0 Å². The molecular weight excluding hydrogens is 318 g/mol. The molecule has 0 saturated heterocycles. The Hall–Kier alpha value is -3.09. The van der Waals surface area contributed by atoms with Crippen molar-refractivity contribution in [1.82, 2.24) is 20.2 Å². The van der Waals surface area contributed by atoms with Gasteiger partial charge in [-0.3, -0.25) is 0 Å². The highest BCUT2D eigenvalue weighted by Gasteiger charge is 2.07. The molecule has 0 amide bonds. The van der Waals surface area contributed by atoms with Gasteiger partial charge < -0.3 is 14.8 Å². The van der Waals surface area contributed by atoms with Gasteiger partial charge in [-0.05, 0) is 35.4 Å². The van der Waals surface area contributed by atoms with Gasteiger partial charge in [-0.25, -0.2) is 0 Å². The lowest BCUT2D eigenvalue weighted by Crippen LogP contribution is -2.04. The molecule has 2 aromatic carbocycles. The molecule has 0 radical (unpaired) electrons.